The second kappa shape index (κ2) is 2.38. The van der Waals surface area contributed by atoms with E-state index in [1.165, 1.54) is 17.3 Å². The first-order valence-corrected chi connectivity index (χ1v) is 3.24. The van der Waals surface area contributed by atoms with E-state index in [0.717, 1.165) is 0 Å². The number of hydrogen-bond donors (Lipinski definition) is 1. The molecule has 0 amide bonds. The van der Waals surface area contributed by atoms with E-state index < -0.39 is 5.72 Å². The van der Waals surface area contributed by atoms with Crippen LogP contribution in [0.5, 0.6) is 0 Å². The van der Waals surface area contributed by atoms with E-state index in [9.17, 15) is 5.11 Å². The Kier molecular flexibility index (Phi) is 1.72. The van der Waals surface area contributed by atoms with Gasteiger partial charge < -0.3 is 5.11 Å². The summed E-state index contributed by atoms with van der Waals surface area (Å²) in [7, 11) is 0. The van der Waals surface area contributed by atoms with Gasteiger partial charge in [0.25, 0.3) is 0 Å². The van der Waals surface area contributed by atoms with E-state index in [2.05, 4.69) is 10.1 Å². The van der Waals surface area contributed by atoms with Crippen LogP contribution < -0.4 is 0 Å². The van der Waals surface area contributed by atoms with Gasteiger partial charge in [0.15, 0.2) is 5.72 Å². The lowest BCUT2D eigenvalue weighted by molar-refractivity contribution is -0.0338. The van der Waals surface area contributed by atoms with Crippen LogP contribution in [0.4, 0.5) is 0 Å². The number of nitrogens with zero attached hydrogens (tertiary/aromatic N) is 3. The summed E-state index contributed by atoms with van der Waals surface area (Å²) < 4.78 is 1.44. The van der Waals surface area contributed by atoms with Crippen molar-refractivity contribution in [3.63, 3.8) is 0 Å². The van der Waals surface area contributed by atoms with Crippen molar-refractivity contribution in [2.45, 2.75) is 26.0 Å². The third-order valence-electron chi connectivity index (χ3n) is 1.58. The smallest absolute Gasteiger partial charge is 0.156 e. The van der Waals surface area contributed by atoms with Crippen molar-refractivity contribution in [3.05, 3.63) is 12.7 Å². The maximum atomic E-state index is 9.54. The lowest BCUT2D eigenvalue weighted by Gasteiger charge is -2.20. The average molecular weight is 141 g/mol. The highest BCUT2D eigenvalue weighted by Crippen LogP contribution is 2.12. The van der Waals surface area contributed by atoms with Gasteiger partial charge in [0.05, 0.1) is 0 Å². The monoisotopic (exact) mass is 141 g/mol. The fourth-order valence-electron chi connectivity index (χ4n) is 0.619. The van der Waals surface area contributed by atoms with Crippen molar-refractivity contribution in [1.82, 2.24) is 14.8 Å². The van der Waals surface area contributed by atoms with Gasteiger partial charge in [0, 0.05) is 0 Å². The van der Waals surface area contributed by atoms with Crippen LogP contribution in [0.1, 0.15) is 20.3 Å². The molecule has 1 atom stereocenters. The maximum absolute atomic E-state index is 9.54. The van der Waals surface area contributed by atoms with E-state index in [0.29, 0.717) is 6.42 Å². The average Bonchev–Trinajstić information content (AvgIpc) is 2.38. The first kappa shape index (κ1) is 7.21. The van der Waals surface area contributed by atoms with Crippen molar-refractivity contribution < 1.29 is 5.11 Å². The first-order valence-electron chi connectivity index (χ1n) is 3.24. The van der Waals surface area contributed by atoms with Crippen molar-refractivity contribution in [2.24, 2.45) is 0 Å². The van der Waals surface area contributed by atoms with Gasteiger partial charge in [0.2, 0.25) is 0 Å². The zero-order chi connectivity index (χ0) is 7.61. The number of rotatable bonds is 2. The van der Waals surface area contributed by atoms with E-state index in [-0.39, 0.29) is 0 Å². The zero-order valence-electron chi connectivity index (χ0n) is 6.15. The highest BCUT2D eigenvalue weighted by atomic mass is 16.3. The minimum atomic E-state index is -0.892. The van der Waals surface area contributed by atoms with Gasteiger partial charge in [0.1, 0.15) is 12.7 Å². The molecule has 0 saturated heterocycles. The van der Waals surface area contributed by atoms with Crippen LogP contribution in [-0.4, -0.2) is 19.9 Å². The van der Waals surface area contributed by atoms with Gasteiger partial charge in [-0.1, -0.05) is 6.92 Å². The third-order valence-corrected chi connectivity index (χ3v) is 1.58. The Balaban J connectivity index is 2.85. The molecule has 1 aromatic rings. The molecule has 0 aliphatic heterocycles. The molecule has 0 radical (unpaired) electrons. The Bertz CT molecular complexity index is 193. The van der Waals surface area contributed by atoms with Crippen molar-refractivity contribution in [1.29, 1.82) is 0 Å². The molecule has 0 fully saturated rings. The van der Waals surface area contributed by atoms with Crippen molar-refractivity contribution in [2.75, 3.05) is 0 Å². The summed E-state index contributed by atoms with van der Waals surface area (Å²) in [6.07, 6.45) is 3.53. The molecule has 1 rings (SSSR count). The zero-order valence-corrected chi connectivity index (χ0v) is 6.15. The van der Waals surface area contributed by atoms with E-state index in [1.54, 1.807) is 6.92 Å². The van der Waals surface area contributed by atoms with Crippen LogP contribution in [-0.2, 0) is 5.72 Å². The van der Waals surface area contributed by atoms with Gasteiger partial charge >= 0.3 is 0 Å². The summed E-state index contributed by atoms with van der Waals surface area (Å²) in [5.74, 6) is 0. The van der Waals surface area contributed by atoms with Gasteiger partial charge in [-0.2, -0.15) is 5.10 Å². The molecule has 10 heavy (non-hydrogen) atoms. The number of hydrogen-bond acceptors (Lipinski definition) is 3. The molecule has 1 heterocycles. The van der Waals surface area contributed by atoms with Crippen LogP contribution >= 0.6 is 0 Å². The van der Waals surface area contributed by atoms with Gasteiger partial charge in [-0.05, 0) is 13.3 Å². The first-order chi connectivity index (χ1) is 4.67. The second-order valence-electron chi connectivity index (χ2n) is 2.41. The summed E-state index contributed by atoms with van der Waals surface area (Å²) in [4.78, 5) is 3.73. The Morgan fingerprint density at radius 1 is 1.70 bits per heavy atom. The Morgan fingerprint density at radius 2 is 2.40 bits per heavy atom. The molecule has 0 aliphatic carbocycles. The molecule has 0 saturated carbocycles. The molecule has 56 valence electrons. The van der Waals surface area contributed by atoms with Crippen LogP contribution in [0.25, 0.3) is 0 Å². The molecule has 4 nitrogen and oxygen atoms in total. The molecule has 1 unspecified atom stereocenters. The van der Waals surface area contributed by atoms with Crippen LogP contribution in [0, 0.1) is 0 Å². The molecule has 4 heteroatoms. The second-order valence-corrected chi connectivity index (χ2v) is 2.41. The summed E-state index contributed by atoms with van der Waals surface area (Å²) in [5, 5.41) is 13.4. The fraction of sp³-hybridized carbons (Fsp3) is 0.667. The Labute approximate surface area is 59.5 Å². The van der Waals surface area contributed by atoms with Crippen LogP contribution in [0.2, 0.25) is 0 Å². The summed E-state index contributed by atoms with van der Waals surface area (Å²) in [6, 6.07) is 0. The van der Waals surface area contributed by atoms with E-state index >= 15 is 0 Å². The highest BCUT2D eigenvalue weighted by Gasteiger charge is 2.19. The van der Waals surface area contributed by atoms with Crippen LogP contribution in [0.3, 0.4) is 0 Å². The molecular formula is C6H11N3O. The van der Waals surface area contributed by atoms with Gasteiger partial charge in [-0.3, -0.25) is 0 Å². The standard InChI is InChI=1S/C6H11N3O/c1-3-6(2,10)9-5-7-4-8-9/h4-5,10H,3H2,1-2H3. The number of aliphatic hydroxyl groups is 1. The molecule has 0 aromatic carbocycles. The molecule has 0 aliphatic rings. The molecule has 0 bridgehead atoms. The summed E-state index contributed by atoms with van der Waals surface area (Å²) in [5.41, 5.74) is -0.892. The third kappa shape index (κ3) is 1.16. The molecule has 1 aromatic heterocycles. The normalized spacial score (nSPS) is 16.7. The topological polar surface area (TPSA) is 50.9 Å². The minimum absolute atomic E-state index is 0.621. The predicted octanol–water partition coefficient (Wildman–Crippen LogP) is 0.353. The summed E-state index contributed by atoms with van der Waals surface area (Å²) in [6.45, 7) is 3.59. The molecular weight excluding hydrogens is 130 g/mol. The van der Waals surface area contributed by atoms with Gasteiger partial charge in [-0.15, -0.1) is 0 Å². The van der Waals surface area contributed by atoms with E-state index in [1.807, 2.05) is 6.92 Å². The highest BCUT2D eigenvalue weighted by molar-refractivity contribution is 4.68. The SMILES string of the molecule is CCC(C)(O)n1cncn1. The van der Waals surface area contributed by atoms with E-state index in [4.69, 9.17) is 0 Å². The lowest BCUT2D eigenvalue weighted by Crippen LogP contribution is -2.28. The van der Waals surface area contributed by atoms with Gasteiger partial charge in [-0.25, -0.2) is 9.67 Å². The van der Waals surface area contributed by atoms with Crippen molar-refractivity contribution >= 4 is 0 Å². The Morgan fingerprint density at radius 3 is 2.80 bits per heavy atom. The number of aromatic nitrogens is 3. The van der Waals surface area contributed by atoms with Crippen LogP contribution in [0.15, 0.2) is 12.7 Å². The fourth-order valence-corrected chi connectivity index (χ4v) is 0.619. The predicted molar refractivity (Wildman–Crippen MR) is 36.2 cm³/mol. The Hall–Kier alpha value is -0.900. The minimum Gasteiger partial charge on any atom is -0.369 e. The lowest BCUT2D eigenvalue weighted by atomic mass is 10.2. The summed E-state index contributed by atoms with van der Waals surface area (Å²) >= 11 is 0. The largest absolute Gasteiger partial charge is 0.369 e. The maximum Gasteiger partial charge on any atom is 0.156 e. The molecule has 1 N–H and O–H groups in total. The molecule has 0 spiro atoms. The van der Waals surface area contributed by atoms with Crippen molar-refractivity contribution in [3.8, 4) is 0 Å². The quantitative estimate of drug-likeness (QED) is 0.646.